The van der Waals surface area contributed by atoms with E-state index in [0.717, 1.165) is 10.4 Å². The van der Waals surface area contributed by atoms with Gasteiger partial charge in [-0.3, -0.25) is 14.8 Å². The predicted molar refractivity (Wildman–Crippen MR) is 97.2 cm³/mol. The van der Waals surface area contributed by atoms with Crippen molar-refractivity contribution in [2.45, 2.75) is 12.5 Å². The highest BCUT2D eigenvalue weighted by Gasteiger charge is 2.30. The van der Waals surface area contributed by atoms with Crippen LogP contribution in [-0.2, 0) is 4.79 Å². The molecular formula is C18H12F2N4O3S. The van der Waals surface area contributed by atoms with Crippen LogP contribution >= 0.6 is 11.5 Å². The lowest BCUT2D eigenvalue weighted by Gasteiger charge is -2.17. The SMILES string of the molecule is N=C(C(F)F)[C@H](NC(=O)c1ccc(C#CC#Cc2ccns2)cc1)C(=O)NO. The standard InChI is InChI=1S/C18H12F2N4O3S/c19-16(20)14(21)15(18(26)24-27)23-17(25)12-7-5-11(6-8-12)3-1-2-4-13-9-10-22-28-13/h5-10,15-16,21,27H,(H,23,25)(H,24,26)/t15-/m0/s1. The summed E-state index contributed by atoms with van der Waals surface area (Å²) >= 11 is 1.24. The van der Waals surface area contributed by atoms with E-state index in [2.05, 4.69) is 28.1 Å². The van der Waals surface area contributed by atoms with E-state index in [0.29, 0.717) is 5.56 Å². The zero-order valence-corrected chi connectivity index (χ0v) is 14.8. The molecular weight excluding hydrogens is 390 g/mol. The molecule has 0 aliphatic carbocycles. The summed E-state index contributed by atoms with van der Waals surface area (Å²) in [4.78, 5) is 24.3. The molecule has 2 aromatic rings. The zero-order chi connectivity index (χ0) is 20.5. The largest absolute Gasteiger partial charge is 0.335 e. The molecule has 28 heavy (non-hydrogen) atoms. The number of aromatic nitrogens is 1. The zero-order valence-electron chi connectivity index (χ0n) is 14.0. The van der Waals surface area contributed by atoms with Crippen molar-refractivity contribution in [2.24, 2.45) is 0 Å². The highest BCUT2D eigenvalue weighted by atomic mass is 32.1. The normalized spacial score (nSPS) is 10.7. The molecule has 1 aromatic heterocycles. The van der Waals surface area contributed by atoms with Gasteiger partial charge in [-0.1, -0.05) is 5.92 Å². The highest BCUT2D eigenvalue weighted by Crippen LogP contribution is 2.06. The van der Waals surface area contributed by atoms with E-state index in [1.807, 2.05) is 5.32 Å². The molecule has 2 rings (SSSR count). The second-order valence-corrected chi connectivity index (χ2v) is 5.93. The summed E-state index contributed by atoms with van der Waals surface area (Å²) in [6, 6.07) is 5.52. The molecule has 0 radical (unpaired) electrons. The lowest BCUT2D eigenvalue weighted by Crippen LogP contribution is -2.52. The molecule has 7 nitrogen and oxygen atoms in total. The van der Waals surface area contributed by atoms with Crippen LogP contribution in [0.25, 0.3) is 0 Å². The Kier molecular flexibility index (Phi) is 7.34. The minimum Gasteiger partial charge on any atom is -0.335 e. The third-order valence-corrected chi connectivity index (χ3v) is 3.90. The fourth-order valence-electron chi connectivity index (χ4n) is 1.87. The second kappa shape index (κ2) is 9.92. The predicted octanol–water partition coefficient (Wildman–Crippen LogP) is 1.43. The molecule has 1 atom stereocenters. The third kappa shape index (κ3) is 5.71. The fourth-order valence-corrected chi connectivity index (χ4v) is 2.32. The Morgan fingerprint density at radius 1 is 1.14 bits per heavy atom. The molecule has 0 aliphatic rings. The maximum atomic E-state index is 12.7. The van der Waals surface area contributed by atoms with Crippen molar-refractivity contribution in [3.63, 3.8) is 0 Å². The van der Waals surface area contributed by atoms with Gasteiger partial charge in [-0.2, -0.15) is 4.37 Å². The van der Waals surface area contributed by atoms with Crippen molar-refractivity contribution in [1.82, 2.24) is 15.2 Å². The first-order valence-corrected chi connectivity index (χ1v) is 8.33. The first-order valence-electron chi connectivity index (χ1n) is 7.56. The summed E-state index contributed by atoms with van der Waals surface area (Å²) in [6.45, 7) is 0. The van der Waals surface area contributed by atoms with Gasteiger partial charge in [0.1, 0.15) is 5.71 Å². The van der Waals surface area contributed by atoms with Crippen LogP contribution < -0.4 is 10.8 Å². The van der Waals surface area contributed by atoms with E-state index in [1.165, 1.54) is 35.8 Å². The van der Waals surface area contributed by atoms with Gasteiger partial charge in [0.15, 0.2) is 6.04 Å². The maximum absolute atomic E-state index is 12.7. The number of nitrogens with zero attached hydrogens (tertiary/aromatic N) is 1. The lowest BCUT2D eigenvalue weighted by atomic mass is 10.1. The number of halogens is 2. The van der Waals surface area contributed by atoms with Gasteiger partial charge in [0.25, 0.3) is 18.2 Å². The second-order valence-electron chi connectivity index (χ2n) is 5.09. The number of nitrogens with one attached hydrogen (secondary N) is 3. The van der Waals surface area contributed by atoms with Crippen molar-refractivity contribution in [3.05, 3.63) is 52.5 Å². The van der Waals surface area contributed by atoms with Gasteiger partial charge >= 0.3 is 0 Å². The molecule has 0 aliphatic heterocycles. The molecule has 1 aromatic carbocycles. The van der Waals surface area contributed by atoms with Crippen molar-refractivity contribution < 1.29 is 23.6 Å². The number of hydrogen-bond acceptors (Lipinski definition) is 6. The smallest absolute Gasteiger partial charge is 0.278 e. The minimum atomic E-state index is -3.27. The Labute approximate surface area is 162 Å². The number of alkyl halides is 2. The molecule has 0 saturated heterocycles. The number of carbonyl (C=O) groups is 2. The van der Waals surface area contributed by atoms with Crippen LogP contribution in [0.15, 0.2) is 36.5 Å². The number of hydrogen-bond donors (Lipinski definition) is 4. The first-order chi connectivity index (χ1) is 13.4. The van der Waals surface area contributed by atoms with Crippen LogP contribution in [0.5, 0.6) is 0 Å². The molecule has 0 unspecified atom stereocenters. The molecule has 2 amide bonds. The van der Waals surface area contributed by atoms with Gasteiger partial charge in [-0.05, 0) is 59.6 Å². The van der Waals surface area contributed by atoms with Crippen LogP contribution in [-0.4, -0.2) is 39.6 Å². The van der Waals surface area contributed by atoms with E-state index in [9.17, 15) is 18.4 Å². The van der Waals surface area contributed by atoms with Gasteiger partial charge in [-0.25, -0.2) is 14.3 Å². The fraction of sp³-hybridized carbons (Fsp3) is 0.111. The molecule has 0 saturated carbocycles. The van der Waals surface area contributed by atoms with E-state index in [4.69, 9.17) is 10.6 Å². The van der Waals surface area contributed by atoms with Gasteiger partial charge in [-0.15, -0.1) is 0 Å². The molecule has 142 valence electrons. The minimum absolute atomic E-state index is 0.0547. The van der Waals surface area contributed by atoms with E-state index in [-0.39, 0.29) is 5.56 Å². The van der Waals surface area contributed by atoms with Crippen LogP contribution in [0.2, 0.25) is 0 Å². The summed E-state index contributed by atoms with van der Waals surface area (Å²) in [5.74, 6) is 8.67. The summed E-state index contributed by atoms with van der Waals surface area (Å²) in [7, 11) is 0. The van der Waals surface area contributed by atoms with Crippen LogP contribution in [0, 0.1) is 29.1 Å². The molecule has 1 heterocycles. The van der Waals surface area contributed by atoms with E-state index >= 15 is 0 Å². The van der Waals surface area contributed by atoms with Gasteiger partial charge < -0.3 is 10.7 Å². The summed E-state index contributed by atoms with van der Waals surface area (Å²) < 4.78 is 29.2. The van der Waals surface area contributed by atoms with Crippen molar-refractivity contribution in [2.75, 3.05) is 0 Å². The van der Waals surface area contributed by atoms with Crippen LogP contribution in [0.1, 0.15) is 20.8 Å². The van der Waals surface area contributed by atoms with Gasteiger partial charge in [0, 0.05) is 17.3 Å². The summed E-state index contributed by atoms with van der Waals surface area (Å²) in [5.41, 5.74) is 0.408. The molecule has 4 N–H and O–H groups in total. The highest BCUT2D eigenvalue weighted by molar-refractivity contribution is 7.06. The van der Waals surface area contributed by atoms with Crippen molar-refractivity contribution in [1.29, 1.82) is 5.41 Å². The third-order valence-electron chi connectivity index (χ3n) is 3.23. The average molecular weight is 402 g/mol. The van der Waals surface area contributed by atoms with E-state index in [1.54, 1.807) is 12.3 Å². The Hall–Kier alpha value is -3.60. The summed E-state index contributed by atoms with van der Waals surface area (Å²) in [5, 5.41) is 17.8. The van der Waals surface area contributed by atoms with Crippen LogP contribution in [0.4, 0.5) is 8.78 Å². The van der Waals surface area contributed by atoms with E-state index < -0.39 is 30.0 Å². The molecule has 0 fully saturated rings. The number of benzene rings is 1. The number of carbonyl (C=O) groups excluding carboxylic acids is 2. The van der Waals surface area contributed by atoms with Gasteiger partial charge in [0.05, 0.1) is 4.88 Å². The van der Waals surface area contributed by atoms with Crippen molar-refractivity contribution >= 4 is 29.1 Å². The monoisotopic (exact) mass is 402 g/mol. The molecule has 10 heteroatoms. The Balaban J connectivity index is 2.06. The lowest BCUT2D eigenvalue weighted by molar-refractivity contribution is -0.129. The Bertz CT molecular complexity index is 984. The quantitative estimate of drug-likeness (QED) is 0.262. The topological polar surface area (TPSA) is 115 Å². The first kappa shape index (κ1) is 20.7. The molecule has 0 bridgehead atoms. The average Bonchev–Trinajstić information content (AvgIpc) is 3.22. The van der Waals surface area contributed by atoms with Gasteiger partial charge in [0.2, 0.25) is 0 Å². The molecule has 0 spiro atoms. The van der Waals surface area contributed by atoms with Crippen LogP contribution in [0.3, 0.4) is 0 Å². The summed E-state index contributed by atoms with van der Waals surface area (Å²) in [6.07, 6.45) is -1.64. The number of hydroxylamine groups is 1. The number of rotatable bonds is 5. The Morgan fingerprint density at radius 2 is 1.82 bits per heavy atom. The Morgan fingerprint density at radius 3 is 2.39 bits per heavy atom. The number of amides is 2. The maximum Gasteiger partial charge on any atom is 0.278 e. The van der Waals surface area contributed by atoms with Crippen molar-refractivity contribution in [3.8, 4) is 23.7 Å².